The first-order chi connectivity index (χ1) is 10.6. The fourth-order valence-corrected chi connectivity index (χ4v) is 2.20. The predicted molar refractivity (Wildman–Crippen MR) is 85.0 cm³/mol. The van der Waals surface area contributed by atoms with Crippen molar-refractivity contribution in [2.45, 2.75) is 45.8 Å². The molecule has 1 amide bonds. The van der Waals surface area contributed by atoms with E-state index in [1.54, 1.807) is 27.7 Å². The molecule has 23 heavy (non-hydrogen) atoms. The van der Waals surface area contributed by atoms with Gasteiger partial charge in [0.25, 0.3) is 0 Å². The van der Waals surface area contributed by atoms with E-state index in [2.05, 4.69) is 0 Å². The van der Waals surface area contributed by atoms with Crippen molar-refractivity contribution in [3.05, 3.63) is 34.6 Å². The third-order valence-corrected chi connectivity index (χ3v) is 3.13. The van der Waals surface area contributed by atoms with Crippen molar-refractivity contribution in [2.24, 2.45) is 0 Å². The number of carboxylic acids is 1. The molecule has 0 saturated heterocycles. The van der Waals surface area contributed by atoms with Crippen LogP contribution in [0, 0.1) is 5.82 Å². The third-order valence-electron chi connectivity index (χ3n) is 2.90. The van der Waals surface area contributed by atoms with Crippen molar-refractivity contribution >= 4 is 23.7 Å². The summed E-state index contributed by atoms with van der Waals surface area (Å²) in [4.78, 5) is 25.0. The number of halogens is 2. The molecule has 0 aliphatic rings. The van der Waals surface area contributed by atoms with Gasteiger partial charge in [0.1, 0.15) is 11.4 Å². The van der Waals surface area contributed by atoms with Crippen LogP contribution in [0.3, 0.4) is 0 Å². The van der Waals surface area contributed by atoms with Crippen LogP contribution in [0.25, 0.3) is 0 Å². The van der Waals surface area contributed by atoms with Crippen molar-refractivity contribution in [3.63, 3.8) is 0 Å². The van der Waals surface area contributed by atoms with E-state index in [-0.39, 0.29) is 17.1 Å². The Hall–Kier alpha value is -1.82. The molecule has 0 radical (unpaired) electrons. The van der Waals surface area contributed by atoms with Gasteiger partial charge in [0, 0.05) is 17.1 Å². The molecule has 0 spiro atoms. The smallest absolute Gasteiger partial charge is 0.411 e. The maximum absolute atomic E-state index is 14.1. The largest absolute Gasteiger partial charge is 0.479 e. The highest BCUT2D eigenvalue weighted by molar-refractivity contribution is 6.30. The maximum atomic E-state index is 14.1. The number of hydrogen-bond acceptors (Lipinski definition) is 3. The van der Waals surface area contributed by atoms with Gasteiger partial charge in [-0.2, -0.15) is 0 Å². The van der Waals surface area contributed by atoms with E-state index in [1.807, 2.05) is 0 Å². The molecule has 0 bridgehead atoms. The molecule has 0 aliphatic carbocycles. The van der Waals surface area contributed by atoms with Crippen molar-refractivity contribution in [2.75, 3.05) is 6.54 Å². The van der Waals surface area contributed by atoms with E-state index in [1.165, 1.54) is 12.1 Å². The zero-order valence-electron chi connectivity index (χ0n) is 13.6. The Bertz CT molecular complexity index is 586. The summed E-state index contributed by atoms with van der Waals surface area (Å²) in [6.45, 7) is 6.93. The lowest BCUT2D eigenvalue weighted by atomic mass is 10.0. The average Bonchev–Trinajstić information content (AvgIpc) is 2.38. The Morgan fingerprint density at radius 2 is 2.00 bits per heavy atom. The summed E-state index contributed by atoms with van der Waals surface area (Å²) >= 11 is 5.70. The first kappa shape index (κ1) is 19.2. The van der Waals surface area contributed by atoms with Crippen LogP contribution in [0.4, 0.5) is 9.18 Å². The third kappa shape index (κ3) is 5.39. The first-order valence-corrected chi connectivity index (χ1v) is 7.62. The Kier molecular flexibility index (Phi) is 6.38. The normalized spacial score (nSPS) is 12.6. The summed E-state index contributed by atoms with van der Waals surface area (Å²) in [7, 11) is 0. The quantitative estimate of drug-likeness (QED) is 0.866. The van der Waals surface area contributed by atoms with Gasteiger partial charge in [0.2, 0.25) is 0 Å². The molecule has 0 fully saturated rings. The molecule has 7 heteroatoms. The average molecular weight is 346 g/mol. The summed E-state index contributed by atoms with van der Waals surface area (Å²) in [5, 5.41) is 9.66. The second kappa shape index (κ2) is 7.64. The molecule has 1 aromatic rings. The van der Waals surface area contributed by atoms with Crippen molar-refractivity contribution in [1.82, 2.24) is 4.90 Å². The number of amides is 1. The van der Waals surface area contributed by atoms with Crippen LogP contribution in [-0.2, 0) is 9.53 Å². The van der Waals surface area contributed by atoms with Gasteiger partial charge in [-0.05, 0) is 39.3 Å². The number of carbonyl (C=O) groups excluding carboxylic acids is 1. The minimum Gasteiger partial charge on any atom is -0.479 e. The minimum absolute atomic E-state index is 0.119. The van der Waals surface area contributed by atoms with Crippen molar-refractivity contribution < 1.29 is 23.8 Å². The Labute approximate surface area is 140 Å². The van der Waals surface area contributed by atoms with Crippen molar-refractivity contribution in [3.8, 4) is 0 Å². The number of rotatable bonds is 5. The standard InChI is InChI=1S/C16H21ClFNO4/c1-5-8-19(15(22)23-16(2,3)4)13(14(20)21)11-7-6-10(17)9-12(11)18/h6-7,9,13H,5,8H2,1-4H3,(H,20,21). The molecule has 0 aromatic heterocycles. The van der Waals surface area contributed by atoms with Gasteiger partial charge in [-0.15, -0.1) is 0 Å². The van der Waals surface area contributed by atoms with Crippen LogP contribution in [0.1, 0.15) is 45.7 Å². The summed E-state index contributed by atoms with van der Waals surface area (Å²) in [5.41, 5.74) is -0.925. The summed E-state index contributed by atoms with van der Waals surface area (Å²) in [6.07, 6.45) is -0.306. The molecule has 128 valence electrons. The Balaban J connectivity index is 3.26. The van der Waals surface area contributed by atoms with Gasteiger partial charge in [-0.1, -0.05) is 24.6 Å². The van der Waals surface area contributed by atoms with E-state index in [0.29, 0.717) is 6.42 Å². The molecule has 0 saturated carbocycles. The molecule has 1 unspecified atom stereocenters. The van der Waals surface area contributed by atoms with Crippen LogP contribution < -0.4 is 0 Å². The minimum atomic E-state index is -1.48. The lowest BCUT2D eigenvalue weighted by Crippen LogP contribution is -2.43. The molecule has 0 aliphatic heterocycles. The Morgan fingerprint density at radius 3 is 2.43 bits per heavy atom. The molecular formula is C16H21ClFNO4. The second-order valence-corrected chi connectivity index (χ2v) is 6.52. The number of hydrogen-bond donors (Lipinski definition) is 1. The Morgan fingerprint density at radius 1 is 1.39 bits per heavy atom. The van der Waals surface area contributed by atoms with Crippen LogP contribution >= 0.6 is 11.6 Å². The fourth-order valence-electron chi connectivity index (χ4n) is 2.04. The van der Waals surface area contributed by atoms with Crippen LogP contribution in [0.2, 0.25) is 5.02 Å². The molecule has 1 atom stereocenters. The van der Waals surface area contributed by atoms with E-state index in [4.69, 9.17) is 16.3 Å². The molecule has 1 rings (SSSR count). The van der Waals surface area contributed by atoms with Crippen LogP contribution in [0.15, 0.2) is 18.2 Å². The maximum Gasteiger partial charge on any atom is 0.411 e. The fraction of sp³-hybridized carbons (Fsp3) is 0.500. The SMILES string of the molecule is CCCN(C(=O)OC(C)(C)C)C(C(=O)O)c1ccc(Cl)cc1F. The summed E-state index contributed by atoms with van der Waals surface area (Å²) < 4.78 is 19.4. The van der Waals surface area contributed by atoms with Gasteiger partial charge in [-0.25, -0.2) is 14.0 Å². The van der Waals surface area contributed by atoms with E-state index in [0.717, 1.165) is 11.0 Å². The topological polar surface area (TPSA) is 66.8 Å². The van der Waals surface area contributed by atoms with Gasteiger partial charge >= 0.3 is 12.1 Å². The van der Waals surface area contributed by atoms with Crippen LogP contribution in [-0.4, -0.2) is 34.2 Å². The zero-order chi connectivity index (χ0) is 17.8. The molecule has 1 N–H and O–H groups in total. The van der Waals surface area contributed by atoms with Crippen LogP contribution in [0.5, 0.6) is 0 Å². The lowest BCUT2D eigenvalue weighted by Gasteiger charge is -2.31. The first-order valence-electron chi connectivity index (χ1n) is 7.24. The number of nitrogens with zero attached hydrogens (tertiary/aromatic N) is 1. The molecule has 1 aromatic carbocycles. The molecular weight excluding hydrogens is 325 g/mol. The van der Waals surface area contributed by atoms with Crippen molar-refractivity contribution in [1.29, 1.82) is 0 Å². The highest BCUT2D eigenvalue weighted by atomic mass is 35.5. The molecule has 0 heterocycles. The van der Waals surface area contributed by atoms with E-state index >= 15 is 0 Å². The number of benzene rings is 1. The summed E-state index contributed by atoms with van der Waals surface area (Å²) in [6, 6.07) is 2.19. The lowest BCUT2D eigenvalue weighted by molar-refractivity contribution is -0.143. The molecule has 5 nitrogen and oxygen atoms in total. The number of carboxylic acid groups (broad SMARTS) is 1. The summed E-state index contributed by atoms with van der Waals surface area (Å²) in [5.74, 6) is -2.12. The van der Waals surface area contributed by atoms with Gasteiger partial charge in [0.05, 0.1) is 0 Å². The highest BCUT2D eigenvalue weighted by Crippen LogP contribution is 2.28. The number of ether oxygens (including phenoxy) is 1. The van der Waals surface area contributed by atoms with Gasteiger partial charge in [-0.3, -0.25) is 4.90 Å². The monoisotopic (exact) mass is 345 g/mol. The number of carbonyl (C=O) groups is 2. The predicted octanol–water partition coefficient (Wildman–Crippen LogP) is 4.25. The zero-order valence-corrected chi connectivity index (χ0v) is 14.4. The van der Waals surface area contributed by atoms with Gasteiger partial charge in [0.15, 0.2) is 6.04 Å². The van der Waals surface area contributed by atoms with E-state index < -0.39 is 29.5 Å². The number of aliphatic carboxylic acids is 1. The van der Waals surface area contributed by atoms with E-state index in [9.17, 15) is 19.1 Å². The highest BCUT2D eigenvalue weighted by Gasteiger charge is 2.35. The van der Waals surface area contributed by atoms with Gasteiger partial charge < -0.3 is 9.84 Å². The second-order valence-electron chi connectivity index (χ2n) is 6.08.